The summed E-state index contributed by atoms with van der Waals surface area (Å²) in [6.07, 6.45) is 9.51. The van der Waals surface area contributed by atoms with Gasteiger partial charge >= 0.3 is 0 Å². The van der Waals surface area contributed by atoms with Crippen LogP contribution in [0.1, 0.15) is 75.6 Å². The van der Waals surface area contributed by atoms with Crippen LogP contribution in [-0.2, 0) is 12.8 Å². The number of hydrogen-bond acceptors (Lipinski definition) is 1. The molecule has 0 saturated heterocycles. The van der Waals surface area contributed by atoms with Crippen molar-refractivity contribution in [2.45, 2.75) is 73.1 Å². The Kier molecular flexibility index (Phi) is 13.9. The zero-order valence-electron chi connectivity index (χ0n) is 23.9. The van der Waals surface area contributed by atoms with Crippen LogP contribution in [0.4, 0.5) is 0 Å². The second kappa shape index (κ2) is 17.2. The van der Waals surface area contributed by atoms with E-state index in [1.165, 1.54) is 64.3 Å². The third kappa shape index (κ3) is 9.57. The summed E-state index contributed by atoms with van der Waals surface area (Å²) in [7, 11) is 1.71. The Morgan fingerprint density at radius 2 is 1.30 bits per heavy atom. The first-order chi connectivity index (χ1) is 18.1. The van der Waals surface area contributed by atoms with Crippen molar-refractivity contribution in [3.63, 3.8) is 0 Å². The summed E-state index contributed by atoms with van der Waals surface area (Å²) in [4.78, 5) is 0. The van der Waals surface area contributed by atoms with Gasteiger partial charge in [-0.25, -0.2) is 0 Å². The minimum atomic E-state index is 0.946. The average molecular weight is 495 g/mol. The van der Waals surface area contributed by atoms with E-state index in [0.29, 0.717) is 0 Å². The fraction of sp³-hybridized carbons (Fsp3) is 0.333. The number of ether oxygens (including phenoxy) is 1. The summed E-state index contributed by atoms with van der Waals surface area (Å²) in [5.41, 5.74) is 7.19. The highest BCUT2D eigenvalue weighted by atomic mass is 16.5. The minimum Gasteiger partial charge on any atom is -0.496 e. The van der Waals surface area contributed by atoms with E-state index in [0.717, 1.165) is 18.6 Å². The Bertz CT molecular complexity index is 1200. The molecule has 37 heavy (non-hydrogen) atoms. The number of rotatable bonds is 8. The molecule has 0 aliphatic heterocycles. The van der Waals surface area contributed by atoms with Crippen LogP contribution < -0.4 is 4.74 Å². The monoisotopic (exact) mass is 494 g/mol. The predicted octanol–water partition coefficient (Wildman–Crippen LogP) is 10.6. The molecule has 1 nitrogen and oxygen atoms in total. The largest absolute Gasteiger partial charge is 0.496 e. The molecule has 0 spiro atoms. The first kappa shape index (κ1) is 29.9. The Hall–Kier alpha value is -3.32. The van der Waals surface area contributed by atoms with Crippen molar-refractivity contribution in [1.82, 2.24) is 0 Å². The summed E-state index contributed by atoms with van der Waals surface area (Å²) in [6.45, 7) is 11.0. The maximum atomic E-state index is 5.28. The van der Waals surface area contributed by atoms with E-state index in [4.69, 9.17) is 4.74 Å². The van der Waals surface area contributed by atoms with Crippen LogP contribution in [-0.4, -0.2) is 7.11 Å². The number of aryl methyl sites for hydroxylation is 3. The molecule has 0 aromatic heterocycles. The van der Waals surface area contributed by atoms with Crippen LogP contribution in [0.25, 0.3) is 16.3 Å². The lowest BCUT2D eigenvalue weighted by molar-refractivity contribution is 0.420. The molecule has 0 aliphatic rings. The van der Waals surface area contributed by atoms with Crippen molar-refractivity contribution in [3.8, 4) is 5.75 Å². The van der Waals surface area contributed by atoms with Crippen molar-refractivity contribution in [1.29, 1.82) is 0 Å². The lowest BCUT2D eigenvalue weighted by atomic mass is 10.0. The third-order valence-corrected chi connectivity index (χ3v) is 6.46. The van der Waals surface area contributed by atoms with E-state index in [9.17, 15) is 0 Å². The van der Waals surface area contributed by atoms with Crippen LogP contribution in [0, 0.1) is 6.92 Å². The van der Waals surface area contributed by atoms with E-state index in [-0.39, 0.29) is 0 Å². The number of allylic oxidation sites excluding steroid dienone is 2. The molecule has 196 valence electrons. The molecule has 0 atom stereocenters. The highest BCUT2D eigenvalue weighted by Crippen LogP contribution is 2.27. The summed E-state index contributed by atoms with van der Waals surface area (Å²) < 4.78 is 5.28. The Morgan fingerprint density at radius 3 is 1.89 bits per heavy atom. The number of benzene rings is 4. The third-order valence-electron chi connectivity index (χ3n) is 6.46. The molecule has 0 fully saturated rings. The van der Waals surface area contributed by atoms with E-state index in [2.05, 4.69) is 120 Å². The minimum absolute atomic E-state index is 0.946. The van der Waals surface area contributed by atoms with Crippen LogP contribution >= 0.6 is 0 Å². The fourth-order valence-corrected chi connectivity index (χ4v) is 4.55. The van der Waals surface area contributed by atoms with Crippen molar-refractivity contribution in [2.75, 3.05) is 7.11 Å². The Balaban J connectivity index is 0.000000196. The molecular weight excluding hydrogens is 448 g/mol. The Labute approximate surface area is 226 Å². The number of methoxy groups -OCH3 is 1. The van der Waals surface area contributed by atoms with Gasteiger partial charge in [-0.2, -0.15) is 0 Å². The average Bonchev–Trinajstić information content (AvgIpc) is 2.95. The van der Waals surface area contributed by atoms with Gasteiger partial charge in [-0.3, -0.25) is 0 Å². The molecule has 0 amide bonds. The van der Waals surface area contributed by atoms with E-state index in [1.54, 1.807) is 7.11 Å². The molecule has 4 rings (SSSR count). The second-order valence-corrected chi connectivity index (χ2v) is 9.26. The maximum Gasteiger partial charge on any atom is 0.126 e. The first-order valence-electron chi connectivity index (χ1n) is 13.9. The van der Waals surface area contributed by atoms with Gasteiger partial charge in [0.2, 0.25) is 0 Å². The van der Waals surface area contributed by atoms with Crippen LogP contribution in [0.15, 0.2) is 97.1 Å². The Morgan fingerprint density at radius 1 is 0.676 bits per heavy atom. The summed E-state index contributed by atoms with van der Waals surface area (Å²) in [5.74, 6) is 0.946. The van der Waals surface area contributed by atoms with Gasteiger partial charge in [0.1, 0.15) is 5.75 Å². The number of fused-ring (bicyclic) bond motifs is 1. The van der Waals surface area contributed by atoms with Gasteiger partial charge in [0, 0.05) is 5.39 Å². The highest BCUT2D eigenvalue weighted by Gasteiger charge is 2.01. The molecule has 4 aromatic rings. The normalized spacial score (nSPS) is 10.7. The predicted molar refractivity (Wildman–Crippen MR) is 165 cm³/mol. The molecule has 4 aromatic carbocycles. The quantitative estimate of drug-likeness (QED) is 0.237. The number of hydrogen-bond donors (Lipinski definition) is 0. The standard InChI is InChI=1S/C13H18.C12H12O.C11H16/c1-3-8-12(9-4-2)13-10-6-5-7-11-13;1-9-7-8-12(13-2)11-6-4-3-5-10(9)11;1-3-7-11-9-6-5-8-10(11)4-2/h5-8,10-11H,3-4,9H2,1-2H3;3-8H,1-2H3;5-6,8-9H,3-4,7H2,1-2H3/b12-8+;;. The van der Waals surface area contributed by atoms with Crippen molar-refractivity contribution >= 4 is 16.3 Å². The van der Waals surface area contributed by atoms with Gasteiger partial charge in [0.05, 0.1) is 7.11 Å². The molecule has 0 bridgehead atoms. The van der Waals surface area contributed by atoms with Gasteiger partial charge in [-0.15, -0.1) is 0 Å². The summed E-state index contributed by atoms with van der Waals surface area (Å²) >= 11 is 0. The van der Waals surface area contributed by atoms with E-state index < -0.39 is 0 Å². The van der Waals surface area contributed by atoms with Crippen molar-refractivity contribution in [2.24, 2.45) is 0 Å². The molecule has 0 aliphatic carbocycles. The zero-order valence-corrected chi connectivity index (χ0v) is 23.9. The van der Waals surface area contributed by atoms with Crippen LogP contribution in [0.5, 0.6) is 5.75 Å². The van der Waals surface area contributed by atoms with E-state index in [1.807, 2.05) is 12.1 Å². The van der Waals surface area contributed by atoms with E-state index >= 15 is 0 Å². The second-order valence-electron chi connectivity index (χ2n) is 9.26. The van der Waals surface area contributed by atoms with Crippen LogP contribution in [0.3, 0.4) is 0 Å². The molecule has 0 radical (unpaired) electrons. The van der Waals surface area contributed by atoms with Gasteiger partial charge in [-0.05, 0) is 71.9 Å². The zero-order chi connectivity index (χ0) is 26.9. The highest BCUT2D eigenvalue weighted by molar-refractivity contribution is 5.90. The molecule has 0 heterocycles. The fourth-order valence-electron chi connectivity index (χ4n) is 4.55. The maximum absolute atomic E-state index is 5.28. The molecule has 0 N–H and O–H groups in total. The smallest absolute Gasteiger partial charge is 0.126 e. The lowest BCUT2D eigenvalue weighted by Gasteiger charge is -2.06. The summed E-state index contributed by atoms with van der Waals surface area (Å²) in [5, 5.41) is 2.45. The van der Waals surface area contributed by atoms with Gasteiger partial charge < -0.3 is 4.74 Å². The summed E-state index contributed by atoms with van der Waals surface area (Å²) in [6, 6.07) is 31.8. The van der Waals surface area contributed by atoms with Gasteiger partial charge in [0.25, 0.3) is 0 Å². The van der Waals surface area contributed by atoms with Gasteiger partial charge in [-0.1, -0.05) is 132 Å². The van der Waals surface area contributed by atoms with Crippen molar-refractivity contribution < 1.29 is 4.74 Å². The molecule has 0 saturated carbocycles. The topological polar surface area (TPSA) is 9.23 Å². The molecule has 0 unspecified atom stereocenters. The lowest BCUT2D eigenvalue weighted by Crippen LogP contribution is -1.90. The molecule has 1 heteroatoms. The van der Waals surface area contributed by atoms with Crippen LogP contribution in [0.2, 0.25) is 0 Å². The SMILES string of the molecule is CC/C=C(\CCC)c1ccccc1.CCCc1ccccc1CC.COc1ccc(C)c2ccccc12. The molecular formula is C36H46O. The van der Waals surface area contributed by atoms with Gasteiger partial charge in [0.15, 0.2) is 0 Å². The van der Waals surface area contributed by atoms with Crippen molar-refractivity contribution in [3.05, 3.63) is 119 Å². The first-order valence-corrected chi connectivity index (χ1v) is 13.9.